The monoisotopic (exact) mass is 416 g/mol. The fourth-order valence-electron chi connectivity index (χ4n) is 3.76. The molecule has 0 atom stereocenters. The molecule has 3 heterocycles. The van der Waals surface area contributed by atoms with Crippen molar-refractivity contribution in [3.8, 4) is 11.1 Å². The van der Waals surface area contributed by atoms with Gasteiger partial charge in [-0.05, 0) is 46.5 Å². The topological polar surface area (TPSA) is 50.3 Å². The molecule has 152 valence electrons. The maximum absolute atomic E-state index is 5.45. The van der Waals surface area contributed by atoms with Crippen LogP contribution in [-0.2, 0) is 17.8 Å². The van der Waals surface area contributed by atoms with Crippen molar-refractivity contribution in [3.63, 3.8) is 0 Å². The molecular formula is C24H24N4OS. The summed E-state index contributed by atoms with van der Waals surface area (Å²) in [5.74, 6) is 0. The van der Waals surface area contributed by atoms with Gasteiger partial charge in [0.15, 0.2) is 5.13 Å². The van der Waals surface area contributed by atoms with Crippen molar-refractivity contribution in [1.82, 2.24) is 14.9 Å². The van der Waals surface area contributed by atoms with Crippen molar-refractivity contribution in [2.45, 2.75) is 13.1 Å². The second kappa shape index (κ2) is 8.92. The molecule has 0 aliphatic carbocycles. The van der Waals surface area contributed by atoms with E-state index in [-0.39, 0.29) is 0 Å². The molecule has 6 heteroatoms. The first kappa shape index (κ1) is 19.2. The molecule has 0 unspecified atom stereocenters. The van der Waals surface area contributed by atoms with E-state index in [0.29, 0.717) is 0 Å². The number of hydrogen-bond acceptors (Lipinski definition) is 6. The number of aromatic nitrogens is 2. The molecule has 0 bridgehead atoms. The predicted molar refractivity (Wildman–Crippen MR) is 123 cm³/mol. The zero-order valence-corrected chi connectivity index (χ0v) is 17.6. The summed E-state index contributed by atoms with van der Waals surface area (Å²) >= 11 is 1.70. The Hall–Kier alpha value is -2.80. The van der Waals surface area contributed by atoms with E-state index in [9.17, 15) is 0 Å². The van der Waals surface area contributed by atoms with Gasteiger partial charge in [0.25, 0.3) is 0 Å². The van der Waals surface area contributed by atoms with Crippen LogP contribution in [0.2, 0.25) is 0 Å². The number of anilines is 1. The van der Waals surface area contributed by atoms with Crippen LogP contribution in [0.5, 0.6) is 0 Å². The molecule has 2 aromatic carbocycles. The van der Waals surface area contributed by atoms with Gasteiger partial charge in [0.05, 0.1) is 23.4 Å². The van der Waals surface area contributed by atoms with Crippen LogP contribution in [-0.4, -0.2) is 41.2 Å². The van der Waals surface area contributed by atoms with Crippen LogP contribution in [0.4, 0.5) is 5.13 Å². The number of benzene rings is 2. The zero-order chi connectivity index (χ0) is 20.2. The Morgan fingerprint density at radius 2 is 1.77 bits per heavy atom. The molecule has 0 amide bonds. The molecular weight excluding hydrogens is 392 g/mol. The number of nitrogens with zero attached hydrogens (tertiary/aromatic N) is 3. The molecule has 5 rings (SSSR count). The maximum Gasteiger partial charge on any atom is 0.184 e. The Bertz CT molecular complexity index is 1120. The van der Waals surface area contributed by atoms with Gasteiger partial charge in [-0.15, -0.1) is 0 Å². The van der Waals surface area contributed by atoms with Gasteiger partial charge in [-0.2, -0.15) is 0 Å². The van der Waals surface area contributed by atoms with Gasteiger partial charge in [0.2, 0.25) is 0 Å². The number of hydrogen-bond donors (Lipinski definition) is 1. The molecule has 5 nitrogen and oxygen atoms in total. The van der Waals surface area contributed by atoms with Crippen LogP contribution >= 0.6 is 11.3 Å². The molecule has 30 heavy (non-hydrogen) atoms. The summed E-state index contributed by atoms with van der Waals surface area (Å²) in [5, 5.41) is 4.46. The van der Waals surface area contributed by atoms with Crippen molar-refractivity contribution in [3.05, 3.63) is 78.1 Å². The summed E-state index contributed by atoms with van der Waals surface area (Å²) in [7, 11) is 0. The number of thiazole rings is 1. The molecule has 0 spiro atoms. The van der Waals surface area contributed by atoms with Gasteiger partial charge >= 0.3 is 0 Å². The normalized spacial score (nSPS) is 14.8. The second-order valence-electron chi connectivity index (χ2n) is 7.50. The molecule has 1 saturated heterocycles. The Morgan fingerprint density at radius 3 is 2.63 bits per heavy atom. The average molecular weight is 417 g/mol. The Kier molecular flexibility index (Phi) is 5.70. The number of nitrogens with one attached hydrogen (secondary N) is 1. The Labute approximate surface area is 180 Å². The van der Waals surface area contributed by atoms with Gasteiger partial charge in [0.1, 0.15) is 0 Å². The number of pyridine rings is 1. The number of ether oxygens (including phenoxy) is 1. The molecule has 1 aliphatic heterocycles. The highest BCUT2D eigenvalue weighted by Crippen LogP contribution is 2.30. The van der Waals surface area contributed by atoms with Gasteiger partial charge in [-0.3, -0.25) is 9.88 Å². The lowest BCUT2D eigenvalue weighted by molar-refractivity contribution is 0.0342. The smallest absolute Gasteiger partial charge is 0.184 e. The Balaban J connectivity index is 1.26. The third-order valence-corrected chi connectivity index (χ3v) is 6.32. The summed E-state index contributed by atoms with van der Waals surface area (Å²) in [6.45, 7) is 5.44. The highest BCUT2D eigenvalue weighted by Gasteiger charge is 2.11. The standard InChI is InChI=1S/C24H24N4OS/c1-2-18(14-19(3-1)17-28-10-12-29-13-11-28)16-26-24-27-22-5-4-21(15-23(22)30-24)20-6-8-25-9-7-20/h1-9,14-15H,10-13,16-17H2,(H,26,27). The van der Waals surface area contributed by atoms with Crippen LogP contribution in [0.25, 0.3) is 21.3 Å². The predicted octanol–water partition coefficient (Wildman–Crippen LogP) is 4.80. The summed E-state index contributed by atoms with van der Waals surface area (Å²) in [4.78, 5) is 11.3. The van der Waals surface area contributed by atoms with Crippen molar-refractivity contribution in [1.29, 1.82) is 0 Å². The van der Waals surface area contributed by atoms with Crippen LogP contribution in [0, 0.1) is 0 Å². The van der Waals surface area contributed by atoms with Gasteiger partial charge < -0.3 is 10.1 Å². The summed E-state index contributed by atoms with van der Waals surface area (Å²) in [6, 6.07) is 19.3. The molecule has 4 aromatic rings. The van der Waals surface area contributed by atoms with Crippen LogP contribution in [0.15, 0.2) is 67.0 Å². The first-order valence-electron chi connectivity index (χ1n) is 10.3. The fourth-order valence-corrected chi connectivity index (χ4v) is 4.66. The van der Waals surface area contributed by atoms with Crippen LogP contribution in [0.1, 0.15) is 11.1 Å². The van der Waals surface area contributed by atoms with E-state index in [1.807, 2.05) is 24.5 Å². The minimum absolute atomic E-state index is 0.772. The molecule has 1 fully saturated rings. The second-order valence-corrected chi connectivity index (χ2v) is 8.53. The van der Waals surface area contributed by atoms with Crippen LogP contribution < -0.4 is 5.32 Å². The first-order chi connectivity index (χ1) is 14.8. The van der Waals surface area contributed by atoms with E-state index in [1.54, 1.807) is 11.3 Å². The zero-order valence-electron chi connectivity index (χ0n) is 16.8. The van der Waals surface area contributed by atoms with E-state index in [0.717, 1.165) is 50.0 Å². The average Bonchev–Trinajstić information content (AvgIpc) is 3.21. The first-order valence-corrected chi connectivity index (χ1v) is 11.1. The molecule has 0 saturated carbocycles. The highest BCUT2D eigenvalue weighted by atomic mass is 32.1. The lowest BCUT2D eigenvalue weighted by atomic mass is 10.1. The van der Waals surface area contributed by atoms with E-state index >= 15 is 0 Å². The van der Waals surface area contributed by atoms with Crippen molar-refractivity contribution < 1.29 is 4.74 Å². The third-order valence-electron chi connectivity index (χ3n) is 5.35. The lowest BCUT2D eigenvalue weighted by Crippen LogP contribution is -2.35. The summed E-state index contributed by atoms with van der Waals surface area (Å²) < 4.78 is 6.63. The fraction of sp³-hybridized carbons (Fsp3) is 0.250. The summed E-state index contributed by atoms with van der Waals surface area (Å²) in [5.41, 5.74) is 6.02. The maximum atomic E-state index is 5.45. The molecule has 1 aliphatic rings. The van der Waals surface area contributed by atoms with Crippen molar-refractivity contribution in [2.24, 2.45) is 0 Å². The van der Waals surface area contributed by atoms with E-state index in [2.05, 4.69) is 57.7 Å². The van der Waals surface area contributed by atoms with E-state index < -0.39 is 0 Å². The SMILES string of the molecule is c1cc(CNc2nc3ccc(-c4ccncc4)cc3s2)cc(CN2CCOCC2)c1. The van der Waals surface area contributed by atoms with E-state index in [4.69, 9.17) is 9.72 Å². The number of rotatable bonds is 6. The van der Waals surface area contributed by atoms with Gasteiger partial charge in [-0.1, -0.05) is 41.7 Å². The third kappa shape index (κ3) is 4.51. The number of morpholine rings is 1. The largest absolute Gasteiger partial charge is 0.379 e. The van der Waals surface area contributed by atoms with Gasteiger partial charge in [0, 0.05) is 38.6 Å². The molecule has 1 N–H and O–H groups in total. The molecule has 0 radical (unpaired) electrons. The van der Waals surface area contributed by atoms with Crippen molar-refractivity contribution in [2.75, 3.05) is 31.6 Å². The minimum Gasteiger partial charge on any atom is -0.379 e. The quantitative estimate of drug-likeness (QED) is 0.489. The minimum atomic E-state index is 0.772. The lowest BCUT2D eigenvalue weighted by Gasteiger charge is -2.26. The van der Waals surface area contributed by atoms with E-state index in [1.165, 1.54) is 27.0 Å². The molecule has 2 aromatic heterocycles. The highest BCUT2D eigenvalue weighted by molar-refractivity contribution is 7.22. The van der Waals surface area contributed by atoms with Crippen molar-refractivity contribution >= 4 is 26.7 Å². The Morgan fingerprint density at radius 1 is 0.933 bits per heavy atom. The van der Waals surface area contributed by atoms with Gasteiger partial charge in [-0.25, -0.2) is 4.98 Å². The van der Waals surface area contributed by atoms with Crippen LogP contribution in [0.3, 0.4) is 0 Å². The summed E-state index contributed by atoms with van der Waals surface area (Å²) in [6.07, 6.45) is 3.65. The number of fused-ring (bicyclic) bond motifs is 1.